The minimum absolute atomic E-state index is 0.301. The number of benzene rings is 4. The monoisotopic (exact) mass is 568 g/mol. The molecule has 4 aromatic carbocycles. The van der Waals surface area contributed by atoms with E-state index in [-0.39, 0.29) is 24.4 Å². The average Bonchev–Trinajstić information content (AvgIpc) is 3.06. The van der Waals surface area contributed by atoms with Gasteiger partial charge in [-0.3, -0.25) is 0 Å². The molecular weight excluding hydrogens is 528 g/mol. The van der Waals surface area contributed by atoms with Gasteiger partial charge in [0.1, 0.15) is 24.4 Å². The van der Waals surface area contributed by atoms with Crippen molar-refractivity contribution in [2.45, 2.75) is 24.4 Å². The zero-order chi connectivity index (χ0) is 28.7. The summed E-state index contributed by atoms with van der Waals surface area (Å²) in [7, 11) is 0. The number of ether oxygens (including phenoxy) is 6. The van der Waals surface area contributed by atoms with Gasteiger partial charge in [0.25, 0.3) is 0 Å². The van der Waals surface area contributed by atoms with Crippen LogP contribution in [0.15, 0.2) is 121 Å². The minimum atomic E-state index is -0.301. The van der Waals surface area contributed by atoms with Gasteiger partial charge in [-0.1, -0.05) is 121 Å². The van der Waals surface area contributed by atoms with Crippen LogP contribution in [0.3, 0.4) is 0 Å². The zero-order valence-corrected chi connectivity index (χ0v) is 24.0. The summed E-state index contributed by atoms with van der Waals surface area (Å²) >= 11 is 0. The van der Waals surface area contributed by atoms with Gasteiger partial charge in [0.15, 0.2) is 0 Å². The van der Waals surface area contributed by atoms with Gasteiger partial charge in [0.2, 0.25) is 0 Å². The second-order valence-corrected chi connectivity index (χ2v) is 10.0. The summed E-state index contributed by atoms with van der Waals surface area (Å²) in [5.74, 6) is 0. The number of rotatable bonds is 4. The molecule has 0 amide bonds. The first kappa shape index (κ1) is 30.1. The predicted molar refractivity (Wildman–Crippen MR) is 162 cm³/mol. The van der Waals surface area contributed by atoms with Crippen molar-refractivity contribution < 1.29 is 28.4 Å². The highest BCUT2D eigenvalue weighted by atomic mass is 16.6. The summed E-state index contributed by atoms with van der Waals surface area (Å²) < 4.78 is 37.8. The lowest BCUT2D eigenvalue weighted by molar-refractivity contribution is -0.120. The third-order valence-electron chi connectivity index (χ3n) is 7.16. The molecule has 1 heterocycles. The quantitative estimate of drug-likeness (QED) is 0.263. The molecule has 4 atom stereocenters. The number of hydrogen-bond donors (Lipinski definition) is 0. The molecule has 0 aromatic heterocycles. The molecule has 0 spiro atoms. The van der Waals surface area contributed by atoms with Crippen LogP contribution in [0.25, 0.3) is 0 Å². The zero-order valence-electron chi connectivity index (χ0n) is 24.0. The standard InChI is InChI=1S/C36H40O6/c1-5-13-29(14-6-1)33-34(30-15-7-2-8-16-30)40-26-22-38-24-28-42-36(32-19-11-4-12-20-32)35(31-17-9-3-10-18-31)41-27-23-37-21-25-39-33/h1-20,33-36H,21-28H2/t33-,34-,35-,36-/m0/s1. The summed E-state index contributed by atoms with van der Waals surface area (Å²) in [6.07, 6.45) is -1.20. The van der Waals surface area contributed by atoms with E-state index in [1.165, 1.54) is 0 Å². The molecule has 4 aromatic rings. The highest BCUT2D eigenvalue weighted by molar-refractivity contribution is 5.26. The van der Waals surface area contributed by atoms with Gasteiger partial charge in [-0.2, -0.15) is 0 Å². The molecule has 220 valence electrons. The van der Waals surface area contributed by atoms with Gasteiger partial charge in [-0.15, -0.1) is 0 Å². The van der Waals surface area contributed by atoms with Crippen LogP contribution in [0, 0.1) is 0 Å². The van der Waals surface area contributed by atoms with Gasteiger partial charge in [-0.05, 0) is 22.3 Å². The predicted octanol–water partition coefficient (Wildman–Crippen LogP) is 7.06. The maximum atomic E-state index is 6.45. The molecule has 42 heavy (non-hydrogen) atoms. The molecular formula is C36H40O6. The van der Waals surface area contributed by atoms with Crippen LogP contribution in [-0.2, 0) is 28.4 Å². The third-order valence-corrected chi connectivity index (χ3v) is 7.16. The summed E-state index contributed by atoms with van der Waals surface area (Å²) in [6.45, 7) is 3.41. The molecule has 0 N–H and O–H groups in total. The smallest absolute Gasteiger partial charge is 0.113 e. The Morgan fingerprint density at radius 3 is 0.714 bits per heavy atom. The van der Waals surface area contributed by atoms with Crippen molar-refractivity contribution in [2.75, 3.05) is 52.9 Å². The SMILES string of the molecule is c1ccc([C@@H]2OCCOCCO[C@@H](c3ccccc3)[C@H](c3ccccc3)OCCOCCO[C@H]2c2ccccc2)cc1. The van der Waals surface area contributed by atoms with Crippen LogP contribution in [0.2, 0.25) is 0 Å². The first-order valence-corrected chi connectivity index (χ1v) is 14.7. The van der Waals surface area contributed by atoms with Crippen molar-refractivity contribution in [1.82, 2.24) is 0 Å². The lowest BCUT2D eigenvalue weighted by atomic mass is 9.98. The molecule has 0 aliphatic carbocycles. The Kier molecular flexibility index (Phi) is 12.1. The largest absolute Gasteiger partial charge is 0.377 e. The summed E-state index contributed by atoms with van der Waals surface area (Å²) in [4.78, 5) is 0. The van der Waals surface area contributed by atoms with E-state index in [0.29, 0.717) is 52.9 Å². The van der Waals surface area contributed by atoms with Gasteiger partial charge < -0.3 is 28.4 Å². The van der Waals surface area contributed by atoms with E-state index in [9.17, 15) is 0 Å². The van der Waals surface area contributed by atoms with E-state index in [0.717, 1.165) is 22.3 Å². The van der Waals surface area contributed by atoms with E-state index >= 15 is 0 Å². The molecule has 6 nitrogen and oxygen atoms in total. The first-order chi connectivity index (χ1) is 20.9. The highest BCUT2D eigenvalue weighted by Gasteiger charge is 2.28. The normalized spacial score (nSPS) is 23.8. The van der Waals surface area contributed by atoms with Crippen LogP contribution in [0.4, 0.5) is 0 Å². The van der Waals surface area contributed by atoms with Crippen molar-refractivity contribution in [3.8, 4) is 0 Å². The van der Waals surface area contributed by atoms with Crippen LogP contribution >= 0.6 is 0 Å². The summed E-state index contributed by atoms with van der Waals surface area (Å²) in [5.41, 5.74) is 4.21. The lowest BCUT2D eigenvalue weighted by Crippen LogP contribution is -2.24. The van der Waals surface area contributed by atoms with Crippen LogP contribution in [0.1, 0.15) is 46.7 Å². The van der Waals surface area contributed by atoms with Crippen molar-refractivity contribution in [3.63, 3.8) is 0 Å². The molecule has 1 aliphatic heterocycles. The van der Waals surface area contributed by atoms with E-state index in [2.05, 4.69) is 48.5 Å². The fourth-order valence-corrected chi connectivity index (χ4v) is 5.14. The third kappa shape index (κ3) is 8.82. The first-order valence-electron chi connectivity index (χ1n) is 14.7. The van der Waals surface area contributed by atoms with Crippen molar-refractivity contribution in [1.29, 1.82) is 0 Å². The van der Waals surface area contributed by atoms with Crippen molar-refractivity contribution in [2.24, 2.45) is 0 Å². The second kappa shape index (κ2) is 16.9. The van der Waals surface area contributed by atoms with Crippen molar-refractivity contribution >= 4 is 0 Å². The Morgan fingerprint density at radius 1 is 0.286 bits per heavy atom. The van der Waals surface area contributed by atoms with Gasteiger partial charge >= 0.3 is 0 Å². The van der Waals surface area contributed by atoms with Crippen LogP contribution in [0.5, 0.6) is 0 Å². The Balaban J connectivity index is 1.31. The average molecular weight is 569 g/mol. The maximum absolute atomic E-state index is 6.45. The molecule has 1 fully saturated rings. The molecule has 6 heteroatoms. The van der Waals surface area contributed by atoms with E-state index in [4.69, 9.17) is 28.4 Å². The van der Waals surface area contributed by atoms with E-state index in [1.54, 1.807) is 0 Å². The summed E-state index contributed by atoms with van der Waals surface area (Å²) in [6, 6.07) is 40.8. The molecule has 0 radical (unpaired) electrons. The molecule has 1 aliphatic rings. The fourth-order valence-electron chi connectivity index (χ4n) is 5.14. The Bertz CT molecular complexity index is 1060. The topological polar surface area (TPSA) is 55.4 Å². The Hall–Kier alpha value is -3.36. The maximum Gasteiger partial charge on any atom is 0.113 e. The molecule has 0 saturated carbocycles. The van der Waals surface area contributed by atoms with Crippen LogP contribution in [-0.4, -0.2) is 52.9 Å². The molecule has 0 bridgehead atoms. The number of hydrogen-bond acceptors (Lipinski definition) is 6. The van der Waals surface area contributed by atoms with Gasteiger partial charge in [-0.25, -0.2) is 0 Å². The lowest BCUT2D eigenvalue weighted by Gasteiger charge is -2.29. The summed E-state index contributed by atoms with van der Waals surface area (Å²) in [5, 5.41) is 0. The van der Waals surface area contributed by atoms with Gasteiger partial charge in [0, 0.05) is 0 Å². The highest BCUT2D eigenvalue weighted by Crippen LogP contribution is 2.36. The molecule has 0 unspecified atom stereocenters. The fraction of sp³-hybridized carbons (Fsp3) is 0.333. The Morgan fingerprint density at radius 2 is 0.500 bits per heavy atom. The van der Waals surface area contributed by atoms with E-state index in [1.807, 2.05) is 72.8 Å². The Labute approximate surface area is 249 Å². The van der Waals surface area contributed by atoms with Crippen LogP contribution < -0.4 is 0 Å². The molecule has 1 saturated heterocycles. The molecule has 5 rings (SSSR count). The van der Waals surface area contributed by atoms with Gasteiger partial charge in [0.05, 0.1) is 52.9 Å². The second-order valence-electron chi connectivity index (χ2n) is 10.0. The minimum Gasteiger partial charge on any atom is -0.377 e. The van der Waals surface area contributed by atoms with E-state index < -0.39 is 0 Å². The van der Waals surface area contributed by atoms with Crippen molar-refractivity contribution in [3.05, 3.63) is 144 Å².